The van der Waals surface area contributed by atoms with Gasteiger partial charge >= 0.3 is 0 Å². The summed E-state index contributed by atoms with van der Waals surface area (Å²) in [6, 6.07) is 6.68. The van der Waals surface area contributed by atoms with Crippen molar-refractivity contribution in [3.05, 3.63) is 29.8 Å². The van der Waals surface area contributed by atoms with Crippen LogP contribution in [0.1, 0.15) is 38.2 Å². The molecule has 6 nitrogen and oxygen atoms in total. The maximum absolute atomic E-state index is 12.0. The molecule has 2 rings (SSSR count). The Hall–Kier alpha value is -1.44. The molecule has 134 valence electrons. The zero-order valence-electron chi connectivity index (χ0n) is 14.1. The van der Waals surface area contributed by atoms with E-state index < -0.39 is 10.0 Å². The zero-order chi connectivity index (χ0) is 17.4. The van der Waals surface area contributed by atoms with Gasteiger partial charge in [-0.05, 0) is 43.4 Å². The third-order valence-corrected chi connectivity index (χ3v) is 5.44. The summed E-state index contributed by atoms with van der Waals surface area (Å²) in [4.78, 5) is 12.1. The van der Waals surface area contributed by atoms with Crippen LogP contribution in [-0.2, 0) is 26.0 Å². The Morgan fingerprint density at radius 3 is 2.67 bits per heavy atom. The molecule has 1 amide bonds. The number of amides is 1. The fourth-order valence-corrected chi connectivity index (χ4v) is 3.67. The standard InChI is InChI=1S/C17H26N2O4S/c1-2-11-19-24(21,22)16-8-5-14(6-9-16)7-10-17(20)18-13-15-4-3-12-23-15/h5-6,8-9,15,19H,2-4,7,10-13H2,1H3,(H,18,20)/t15-/m1/s1. The van der Waals surface area contributed by atoms with Crippen LogP contribution in [0.4, 0.5) is 0 Å². The molecular weight excluding hydrogens is 328 g/mol. The molecule has 1 heterocycles. The first-order chi connectivity index (χ1) is 11.5. The summed E-state index contributed by atoms with van der Waals surface area (Å²) < 4.78 is 32.0. The van der Waals surface area contributed by atoms with Gasteiger partial charge in [-0.15, -0.1) is 0 Å². The van der Waals surface area contributed by atoms with E-state index in [2.05, 4.69) is 10.0 Å². The van der Waals surface area contributed by atoms with E-state index in [-0.39, 0.29) is 16.9 Å². The fraction of sp³-hybridized carbons (Fsp3) is 0.588. The molecule has 1 aliphatic rings. The summed E-state index contributed by atoms with van der Waals surface area (Å²) in [5.74, 6) is -0.00758. The second-order valence-corrected chi connectivity index (χ2v) is 7.75. The van der Waals surface area contributed by atoms with E-state index in [0.717, 1.165) is 31.4 Å². The molecule has 0 aliphatic carbocycles. The van der Waals surface area contributed by atoms with E-state index in [1.54, 1.807) is 24.3 Å². The molecular formula is C17H26N2O4S. The third kappa shape index (κ3) is 5.89. The Morgan fingerprint density at radius 2 is 2.04 bits per heavy atom. The first-order valence-electron chi connectivity index (χ1n) is 8.48. The van der Waals surface area contributed by atoms with E-state index in [0.29, 0.717) is 25.9 Å². The largest absolute Gasteiger partial charge is 0.376 e. The Balaban J connectivity index is 1.77. The summed E-state index contributed by atoms with van der Waals surface area (Å²) in [5.41, 5.74) is 0.941. The molecule has 2 N–H and O–H groups in total. The minimum Gasteiger partial charge on any atom is -0.376 e. The summed E-state index contributed by atoms with van der Waals surface area (Å²) >= 11 is 0. The highest BCUT2D eigenvalue weighted by Gasteiger charge is 2.16. The summed E-state index contributed by atoms with van der Waals surface area (Å²) in [7, 11) is -3.43. The van der Waals surface area contributed by atoms with Crippen LogP contribution in [-0.4, -0.2) is 40.1 Å². The van der Waals surface area contributed by atoms with Crippen LogP contribution in [0.5, 0.6) is 0 Å². The lowest BCUT2D eigenvalue weighted by atomic mass is 10.1. The van der Waals surface area contributed by atoms with Crippen LogP contribution in [0.15, 0.2) is 29.2 Å². The van der Waals surface area contributed by atoms with Gasteiger partial charge in [0.05, 0.1) is 11.0 Å². The molecule has 1 saturated heterocycles. The number of sulfonamides is 1. The average molecular weight is 354 g/mol. The van der Waals surface area contributed by atoms with Crippen LogP contribution in [0.2, 0.25) is 0 Å². The smallest absolute Gasteiger partial charge is 0.240 e. The molecule has 7 heteroatoms. The van der Waals surface area contributed by atoms with Gasteiger partial charge in [0.1, 0.15) is 0 Å². The van der Waals surface area contributed by atoms with Crippen LogP contribution in [0.25, 0.3) is 0 Å². The summed E-state index contributed by atoms with van der Waals surface area (Å²) in [6.45, 7) is 3.69. The van der Waals surface area contributed by atoms with Gasteiger partial charge in [-0.25, -0.2) is 13.1 Å². The molecule has 0 saturated carbocycles. The number of ether oxygens (including phenoxy) is 1. The van der Waals surface area contributed by atoms with Crippen LogP contribution in [0.3, 0.4) is 0 Å². The van der Waals surface area contributed by atoms with Crippen molar-refractivity contribution in [1.82, 2.24) is 10.0 Å². The lowest BCUT2D eigenvalue weighted by Crippen LogP contribution is -2.31. The Morgan fingerprint density at radius 1 is 1.29 bits per heavy atom. The first-order valence-corrected chi connectivity index (χ1v) is 9.96. The zero-order valence-corrected chi connectivity index (χ0v) is 14.9. The highest BCUT2D eigenvalue weighted by Crippen LogP contribution is 2.13. The molecule has 0 radical (unpaired) electrons. The molecule has 1 fully saturated rings. The molecule has 24 heavy (non-hydrogen) atoms. The lowest BCUT2D eigenvalue weighted by molar-refractivity contribution is -0.121. The van der Waals surface area contributed by atoms with Gasteiger partial charge in [0, 0.05) is 26.1 Å². The number of rotatable bonds is 9. The van der Waals surface area contributed by atoms with E-state index in [1.807, 2.05) is 6.92 Å². The number of benzene rings is 1. The van der Waals surface area contributed by atoms with Crippen molar-refractivity contribution in [2.75, 3.05) is 19.7 Å². The SMILES string of the molecule is CCCNS(=O)(=O)c1ccc(CCC(=O)NC[C@H]2CCCO2)cc1. The van der Waals surface area contributed by atoms with E-state index in [9.17, 15) is 13.2 Å². The Bertz CT molecular complexity index is 622. The molecule has 0 unspecified atom stereocenters. The number of carbonyl (C=O) groups is 1. The van der Waals surface area contributed by atoms with E-state index in [4.69, 9.17) is 4.74 Å². The number of aryl methyl sites for hydroxylation is 1. The summed E-state index contributed by atoms with van der Waals surface area (Å²) in [5, 5.41) is 2.88. The Labute approximate surface area is 144 Å². The maximum Gasteiger partial charge on any atom is 0.240 e. The molecule has 0 spiro atoms. The highest BCUT2D eigenvalue weighted by atomic mass is 32.2. The number of carbonyl (C=O) groups excluding carboxylic acids is 1. The van der Waals surface area contributed by atoms with Gasteiger partial charge in [-0.3, -0.25) is 4.79 Å². The summed E-state index contributed by atoms with van der Waals surface area (Å²) in [6.07, 6.45) is 3.92. The van der Waals surface area contributed by atoms with Crippen LogP contribution in [0, 0.1) is 0 Å². The monoisotopic (exact) mass is 354 g/mol. The molecule has 1 atom stereocenters. The number of hydrogen-bond acceptors (Lipinski definition) is 4. The van der Waals surface area contributed by atoms with Gasteiger partial charge in [-0.2, -0.15) is 0 Å². The second kappa shape index (κ2) is 9.15. The van der Waals surface area contributed by atoms with Crippen molar-refractivity contribution in [2.24, 2.45) is 0 Å². The highest BCUT2D eigenvalue weighted by molar-refractivity contribution is 7.89. The topological polar surface area (TPSA) is 84.5 Å². The van der Waals surface area contributed by atoms with Gasteiger partial charge in [-0.1, -0.05) is 19.1 Å². The van der Waals surface area contributed by atoms with Gasteiger partial charge in [0.15, 0.2) is 0 Å². The predicted octanol–water partition coefficient (Wildman–Crippen LogP) is 1.60. The molecule has 0 aromatic heterocycles. The lowest BCUT2D eigenvalue weighted by Gasteiger charge is -2.11. The van der Waals surface area contributed by atoms with Crippen molar-refractivity contribution in [3.8, 4) is 0 Å². The second-order valence-electron chi connectivity index (χ2n) is 5.98. The Kier molecular flexibility index (Phi) is 7.20. The van der Waals surface area contributed by atoms with E-state index in [1.165, 1.54) is 0 Å². The van der Waals surface area contributed by atoms with E-state index >= 15 is 0 Å². The van der Waals surface area contributed by atoms with Gasteiger partial charge in [0.2, 0.25) is 15.9 Å². The first kappa shape index (κ1) is 18.9. The van der Waals surface area contributed by atoms with Crippen LogP contribution < -0.4 is 10.0 Å². The number of nitrogens with one attached hydrogen (secondary N) is 2. The van der Waals surface area contributed by atoms with Gasteiger partial charge < -0.3 is 10.1 Å². The number of hydrogen-bond donors (Lipinski definition) is 2. The van der Waals surface area contributed by atoms with Crippen molar-refractivity contribution >= 4 is 15.9 Å². The molecule has 1 aromatic rings. The molecule has 0 bridgehead atoms. The molecule has 1 aromatic carbocycles. The average Bonchev–Trinajstić information content (AvgIpc) is 3.10. The molecule has 1 aliphatic heterocycles. The van der Waals surface area contributed by atoms with Crippen LogP contribution >= 0.6 is 0 Å². The van der Waals surface area contributed by atoms with Crippen molar-refractivity contribution in [1.29, 1.82) is 0 Å². The quantitative estimate of drug-likeness (QED) is 0.705. The minimum atomic E-state index is -3.43. The van der Waals surface area contributed by atoms with Crippen molar-refractivity contribution in [2.45, 2.75) is 50.0 Å². The normalized spacial score (nSPS) is 17.8. The van der Waals surface area contributed by atoms with Gasteiger partial charge in [0.25, 0.3) is 0 Å². The van der Waals surface area contributed by atoms with Crippen molar-refractivity contribution in [3.63, 3.8) is 0 Å². The third-order valence-electron chi connectivity index (χ3n) is 3.97. The van der Waals surface area contributed by atoms with Crippen molar-refractivity contribution < 1.29 is 17.9 Å². The fourth-order valence-electron chi connectivity index (χ4n) is 2.53. The maximum atomic E-state index is 12.0. The minimum absolute atomic E-state index is 0.00758. The predicted molar refractivity (Wildman–Crippen MR) is 92.2 cm³/mol.